The first kappa shape index (κ1) is 19.6. The molecule has 0 saturated carbocycles. The summed E-state index contributed by atoms with van der Waals surface area (Å²) in [5.41, 5.74) is 4.50. The van der Waals surface area contributed by atoms with E-state index in [-0.39, 0.29) is 5.91 Å². The van der Waals surface area contributed by atoms with Gasteiger partial charge in [0.25, 0.3) is 5.91 Å². The number of thioether (sulfide) groups is 1. The molecule has 1 fully saturated rings. The average Bonchev–Trinajstić information content (AvgIpc) is 2.93. The van der Waals surface area contributed by atoms with Crippen molar-refractivity contribution in [3.05, 3.63) is 70.1 Å². The monoisotopic (exact) mass is 396 g/mol. The summed E-state index contributed by atoms with van der Waals surface area (Å²) in [6, 6.07) is 16.5. The maximum Gasteiger partial charge on any atom is 0.266 e. The van der Waals surface area contributed by atoms with Crippen LogP contribution in [0.3, 0.4) is 0 Å². The van der Waals surface area contributed by atoms with Gasteiger partial charge in [-0.2, -0.15) is 0 Å². The molecule has 1 heterocycles. The van der Waals surface area contributed by atoms with Crippen LogP contribution in [0.2, 0.25) is 0 Å². The SMILES string of the molecule is CCN(CC)c1ccc(/C=C2\SC(=S)N(Cc3ccc(C)cc3)C2=O)cc1. The lowest BCUT2D eigenvalue weighted by Gasteiger charge is -2.20. The van der Waals surface area contributed by atoms with Crippen molar-refractivity contribution in [3.63, 3.8) is 0 Å². The Bertz CT molecular complexity index is 853. The van der Waals surface area contributed by atoms with E-state index in [2.05, 4.69) is 62.1 Å². The molecule has 3 rings (SSSR count). The first-order valence-electron chi connectivity index (χ1n) is 9.17. The number of thiocarbonyl (C=S) groups is 1. The van der Waals surface area contributed by atoms with E-state index in [1.54, 1.807) is 4.90 Å². The zero-order valence-electron chi connectivity index (χ0n) is 15.9. The van der Waals surface area contributed by atoms with Crippen LogP contribution in [0.5, 0.6) is 0 Å². The number of nitrogens with zero attached hydrogens (tertiary/aromatic N) is 2. The average molecular weight is 397 g/mol. The number of hydrogen-bond acceptors (Lipinski definition) is 4. The highest BCUT2D eigenvalue weighted by molar-refractivity contribution is 8.26. The molecule has 1 amide bonds. The summed E-state index contributed by atoms with van der Waals surface area (Å²) in [6.07, 6.45) is 1.93. The molecule has 0 atom stereocenters. The Morgan fingerprint density at radius 2 is 1.67 bits per heavy atom. The minimum atomic E-state index is -0.0154. The van der Waals surface area contributed by atoms with E-state index in [0.717, 1.165) is 24.2 Å². The van der Waals surface area contributed by atoms with Gasteiger partial charge in [-0.3, -0.25) is 9.69 Å². The van der Waals surface area contributed by atoms with Gasteiger partial charge in [-0.25, -0.2) is 0 Å². The Hall–Kier alpha value is -2.11. The van der Waals surface area contributed by atoms with Gasteiger partial charge in [0.05, 0.1) is 11.4 Å². The van der Waals surface area contributed by atoms with Crippen molar-refractivity contribution in [1.82, 2.24) is 4.90 Å². The lowest BCUT2D eigenvalue weighted by atomic mass is 10.1. The molecule has 1 saturated heterocycles. The van der Waals surface area contributed by atoms with Crippen molar-refractivity contribution in [3.8, 4) is 0 Å². The molecule has 2 aromatic rings. The molecule has 27 heavy (non-hydrogen) atoms. The van der Waals surface area contributed by atoms with Crippen molar-refractivity contribution in [2.45, 2.75) is 27.3 Å². The smallest absolute Gasteiger partial charge is 0.266 e. The Labute approximate surface area is 171 Å². The molecule has 1 aliphatic rings. The zero-order valence-corrected chi connectivity index (χ0v) is 17.6. The Kier molecular flexibility index (Phi) is 6.34. The Morgan fingerprint density at radius 3 is 2.26 bits per heavy atom. The highest BCUT2D eigenvalue weighted by atomic mass is 32.2. The molecule has 140 valence electrons. The van der Waals surface area contributed by atoms with E-state index < -0.39 is 0 Å². The van der Waals surface area contributed by atoms with E-state index in [9.17, 15) is 4.79 Å². The van der Waals surface area contributed by atoms with Crippen LogP contribution in [-0.2, 0) is 11.3 Å². The van der Waals surface area contributed by atoms with Crippen LogP contribution < -0.4 is 4.90 Å². The van der Waals surface area contributed by atoms with E-state index in [4.69, 9.17) is 12.2 Å². The minimum Gasteiger partial charge on any atom is -0.372 e. The second-order valence-electron chi connectivity index (χ2n) is 6.52. The lowest BCUT2D eigenvalue weighted by molar-refractivity contribution is -0.122. The predicted octanol–water partition coefficient (Wildman–Crippen LogP) is 5.24. The van der Waals surface area contributed by atoms with Gasteiger partial charge in [0.15, 0.2) is 0 Å². The Morgan fingerprint density at radius 1 is 1.04 bits per heavy atom. The fraction of sp³-hybridized carbons (Fsp3) is 0.273. The molecule has 3 nitrogen and oxygen atoms in total. The van der Waals surface area contributed by atoms with Crippen LogP contribution in [0.4, 0.5) is 5.69 Å². The van der Waals surface area contributed by atoms with Crippen molar-refractivity contribution in [1.29, 1.82) is 0 Å². The van der Waals surface area contributed by atoms with Crippen LogP contribution in [0, 0.1) is 6.92 Å². The molecular weight excluding hydrogens is 372 g/mol. The lowest BCUT2D eigenvalue weighted by Crippen LogP contribution is -2.27. The van der Waals surface area contributed by atoms with Crippen molar-refractivity contribution in [2.24, 2.45) is 0 Å². The van der Waals surface area contributed by atoms with E-state index in [1.807, 2.05) is 18.2 Å². The largest absolute Gasteiger partial charge is 0.372 e. The molecule has 0 bridgehead atoms. The summed E-state index contributed by atoms with van der Waals surface area (Å²) >= 11 is 6.82. The molecule has 0 radical (unpaired) electrons. The van der Waals surface area contributed by atoms with Gasteiger partial charge < -0.3 is 4.90 Å². The molecule has 0 N–H and O–H groups in total. The number of carbonyl (C=O) groups excluding carboxylic acids is 1. The van der Waals surface area contributed by atoms with E-state index in [1.165, 1.54) is 23.0 Å². The Balaban J connectivity index is 1.74. The molecule has 0 aliphatic carbocycles. The van der Waals surface area contributed by atoms with Crippen LogP contribution in [0.1, 0.15) is 30.5 Å². The van der Waals surface area contributed by atoms with Gasteiger partial charge in [-0.15, -0.1) is 0 Å². The first-order chi connectivity index (χ1) is 13.0. The fourth-order valence-electron chi connectivity index (χ4n) is 3.03. The number of anilines is 1. The molecule has 2 aromatic carbocycles. The third-order valence-corrected chi connectivity index (χ3v) is 6.03. The second kappa shape index (κ2) is 8.72. The minimum absolute atomic E-state index is 0.0154. The maximum absolute atomic E-state index is 12.8. The summed E-state index contributed by atoms with van der Waals surface area (Å²) in [6.45, 7) is 8.83. The molecule has 5 heteroatoms. The zero-order chi connectivity index (χ0) is 19.4. The van der Waals surface area contributed by atoms with Crippen molar-refractivity contribution >= 4 is 46.0 Å². The van der Waals surface area contributed by atoms with Crippen molar-refractivity contribution < 1.29 is 4.79 Å². The molecular formula is C22H24N2OS2. The first-order valence-corrected chi connectivity index (χ1v) is 10.4. The van der Waals surface area contributed by atoms with E-state index >= 15 is 0 Å². The standard InChI is InChI=1S/C22H24N2OS2/c1-4-23(5-2)19-12-10-17(11-13-19)14-20-21(25)24(22(26)27-20)15-18-8-6-16(3)7-9-18/h6-14H,4-5,15H2,1-3H3/b20-14-. The van der Waals surface area contributed by atoms with Gasteiger partial charge in [-0.1, -0.05) is 65.9 Å². The highest BCUT2D eigenvalue weighted by Gasteiger charge is 2.31. The quantitative estimate of drug-likeness (QED) is 0.492. The number of carbonyl (C=O) groups is 1. The number of benzene rings is 2. The number of amides is 1. The van der Waals surface area contributed by atoms with Crippen LogP contribution in [0.25, 0.3) is 6.08 Å². The summed E-state index contributed by atoms with van der Waals surface area (Å²) in [4.78, 5) is 17.5. The summed E-state index contributed by atoms with van der Waals surface area (Å²) < 4.78 is 0.617. The second-order valence-corrected chi connectivity index (χ2v) is 8.19. The molecule has 0 spiro atoms. The van der Waals surface area contributed by atoms with Crippen LogP contribution >= 0.6 is 24.0 Å². The number of hydrogen-bond donors (Lipinski definition) is 0. The van der Waals surface area contributed by atoms with Crippen molar-refractivity contribution in [2.75, 3.05) is 18.0 Å². The predicted molar refractivity (Wildman–Crippen MR) is 120 cm³/mol. The molecule has 0 aromatic heterocycles. The fourth-order valence-corrected chi connectivity index (χ4v) is 4.29. The van der Waals surface area contributed by atoms with Gasteiger partial charge in [-0.05, 0) is 50.1 Å². The highest BCUT2D eigenvalue weighted by Crippen LogP contribution is 2.33. The van der Waals surface area contributed by atoms with Gasteiger partial charge in [0, 0.05) is 18.8 Å². The number of aryl methyl sites for hydroxylation is 1. The topological polar surface area (TPSA) is 23.6 Å². The normalized spacial score (nSPS) is 15.7. The molecule has 1 aliphatic heterocycles. The van der Waals surface area contributed by atoms with Gasteiger partial charge in [0.2, 0.25) is 0 Å². The van der Waals surface area contributed by atoms with Crippen LogP contribution in [-0.4, -0.2) is 28.2 Å². The van der Waals surface area contributed by atoms with Gasteiger partial charge >= 0.3 is 0 Å². The number of rotatable bonds is 6. The third-order valence-electron chi connectivity index (χ3n) is 4.65. The maximum atomic E-state index is 12.8. The van der Waals surface area contributed by atoms with E-state index in [0.29, 0.717) is 15.8 Å². The van der Waals surface area contributed by atoms with Crippen LogP contribution in [0.15, 0.2) is 53.4 Å². The molecule has 0 unspecified atom stereocenters. The summed E-state index contributed by atoms with van der Waals surface area (Å²) in [5, 5.41) is 0. The third kappa shape index (κ3) is 4.60. The summed E-state index contributed by atoms with van der Waals surface area (Å²) in [7, 11) is 0. The van der Waals surface area contributed by atoms with Gasteiger partial charge in [0.1, 0.15) is 4.32 Å². The summed E-state index contributed by atoms with van der Waals surface area (Å²) in [5.74, 6) is -0.0154.